The van der Waals surface area contributed by atoms with Crippen molar-refractivity contribution in [2.24, 2.45) is 5.10 Å². The van der Waals surface area contributed by atoms with Gasteiger partial charge in [0.15, 0.2) is 23.0 Å². The number of hydrogen-bond donors (Lipinski definition) is 1. The molecule has 11 heteroatoms. The Morgan fingerprint density at radius 1 is 1.03 bits per heavy atom. The molecule has 0 aliphatic heterocycles. The fourth-order valence-corrected chi connectivity index (χ4v) is 3.58. The SMILES string of the molecule is CCCOc1ccc(C(=O)N/N=C/c2cc(Cl)c(OCc3ccc([N+](=O)[O-])cc3)c(OCC)c2)cc1OC. The first-order chi connectivity index (χ1) is 18.4. The lowest BCUT2D eigenvalue weighted by atomic mass is 10.2. The highest BCUT2D eigenvalue weighted by Gasteiger charge is 2.14. The van der Waals surface area contributed by atoms with Crippen molar-refractivity contribution in [2.75, 3.05) is 20.3 Å². The lowest BCUT2D eigenvalue weighted by Gasteiger charge is -2.14. The molecule has 1 amide bonds. The fraction of sp³-hybridized carbons (Fsp3) is 0.259. The van der Waals surface area contributed by atoms with Gasteiger partial charge in [-0.3, -0.25) is 14.9 Å². The molecule has 0 atom stereocenters. The Labute approximate surface area is 225 Å². The molecule has 0 unspecified atom stereocenters. The number of halogens is 1. The minimum atomic E-state index is -0.465. The largest absolute Gasteiger partial charge is 0.493 e. The van der Waals surface area contributed by atoms with Crippen LogP contribution in [0.15, 0.2) is 59.7 Å². The number of rotatable bonds is 13. The molecule has 0 fully saturated rings. The number of hydrogen-bond acceptors (Lipinski definition) is 8. The van der Waals surface area contributed by atoms with E-state index in [4.69, 9.17) is 30.5 Å². The van der Waals surface area contributed by atoms with E-state index in [9.17, 15) is 14.9 Å². The van der Waals surface area contributed by atoms with E-state index in [0.717, 1.165) is 12.0 Å². The number of carbonyl (C=O) groups excluding carboxylic acids is 1. The van der Waals surface area contributed by atoms with Crippen LogP contribution in [0.4, 0.5) is 5.69 Å². The molecule has 1 N–H and O–H groups in total. The summed E-state index contributed by atoms with van der Waals surface area (Å²) in [6.45, 7) is 4.86. The van der Waals surface area contributed by atoms with Crippen molar-refractivity contribution >= 4 is 29.4 Å². The zero-order valence-corrected chi connectivity index (χ0v) is 22.0. The second kappa shape index (κ2) is 13.8. The molecule has 0 saturated carbocycles. The third kappa shape index (κ3) is 7.59. The molecule has 10 nitrogen and oxygen atoms in total. The Kier molecular flexibility index (Phi) is 10.3. The summed E-state index contributed by atoms with van der Waals surface area (Å²) in [5, 5.41) is 15.1. The first-order valence-corrected chi connectivity index (χ1v) is 12.2. The number of carbonyl (C=O) groups is 1. The molecule has 3 aromatic rings. The summed E-state index contributed by atoms with van der Waals surface area (Å²) in [6.07, 6.45) is 2.28. The number of methoxy groups -OCH3 is 1. The maximum atomic E-state index is 12.6. The van der Waals surface area contributed by atoms with Crippen LogP contribution in [0.25, 0.3) is 0 Å². The highest BCUT2D eigenvalue weighted by Crippen LogP contribution is 2.37. The molecule has 3 rings (SSSR count). The van der Waals surface area contributed by atoms with Crippen LogP contribution in [-0.2, 0) is 6.61 Å². The Bertz CT molecular complexity index is 1300. The molecule has 0 radical (unpaired) electrons. The van der Waals surface area contributed by atoms with Crippen LogP contribution in [0.3, 0.4) is 0 Å². The van der Waals surface area contributed by atoms with E-state index in [1.165, 1.54) is 25.5 Å². The van der Waals surface area contributed by atoms with Gasteiger partial charge in [-0.25, -0.2) is 5.43 Å². The van der Waals surface area contributed by atoms with Gasteiger partial charge in [-0.15, -0.1) is 0 Å². The number of nitro benzene ring substituents is 1. The van der Waals surface area contributed by atoms with Gasteiger partial charge in [0.2, 0.25) is 0 Å². The molecule has 0 heterocycles. The monoisotopic (exact) mass is 541 g/mol. The zero-order valence-electron chi connectivity index (χ0n) is 21.2. The Balaban J connectivity index is 1.69. The number of benzene rings is 3. The second-order valence-corrected chi connectivity index (χ2v) is 8.30. The molecular formula is C27H28ClN3O7. The molecule has 200 valence electrons. The number of amides is 1. The summed E-state index contributed by atoms with van der Waals surface area (Å²) >= 11 is 6.46. The quantitative estimate of drug-likeness (QED) is 0.165. The number of ether oxygens (including phenoxy) is 4. The molecular weight excluding hydrogens is 514 g/mol. The molecule has 0 bridgehead atoms. The highest BCUT2D eigenvalue weighted by atomic mass is 35.5. The number of nitrogens with one attached hydrogen (secondary N) is 1. The number of nitro groups is 1. The van der Waals surface area contributed by atoms with Crippen LogP contribution >= 0.6 is 11.6 Å². The van der Waals surface area contributed by atoms with Gasteiger partial charge in [-0.1, -0.05) is 18.5 Å². The van der Waals surface area contributed by atoms with E-state index in [-0.39, 0.29) is 17.3 Å². The smallest absolute Gasteiger partial charge is 0.271 e. The van der Waals surface area contributed by atoms with Gasteiger partial charge in [-0.05, 0) is 66.9 Å². The molecule has 0 spiro atoms. The maximum Gasteiger partial charge on any atom is 0.271 e. The molecule has 0 saturated heterocycles. The summed E-state index contributed by atoms with van der Waals surface area (Å²) < 4.78 is 22.5. The van der Waals surface area contributed by atoms with Crippen LogP contribution in [0.1, 0.15) is 41.8 Å². The van der Waals surface area contributed by atoms with E-state index in [2.05, 4.69) is 10.5 Å². The molecule has 38 heavy (non-hydrogen) atoms. The average Bonchev–Trinajstić information content (AvgIpc) is 2.91. The normalized spacial score (nSPS) is 10.7. The summed E-state index contributed by atoms with van der Waals surface area (Å²) in [4.78, 5) is 22.9. The van der Waals surface area contributed by atoms with E-state index in [0.29, 0.717) is 47.3 Å². The van der Waals surface area contributed by atoms with E-state index in [1.807, 2.05) is 13.8 Å². The van der Waals surface area contributed by atoms with Gasteiger partial charge in [-0.2, -0.15) is 5.10 Å². The first-order valence-electron chi connectivity index (χ1n) is 11.8. The minimum absolute atomic E-state index is 0.00494. The molecule has 0 aliphatic carbocycles. The van der Waals surface area contributed by atoms with Crippen molar-refractivity contribution in [1.82, 2.24) is 5.43 Å². The molecule has 0 aliphatic rings. The van der Waals surface area contributed by atoms with Gasteiger partial charge in [0, 0.05) is 17.7 Å². The van der Waals surface area contributed by atoms with Crippen molar-refractivity contribution in [1.29, 1.82) is 0 Å². The summed E-state index contributed by atoms with van der Waals surface area (Å²) in [5.74, 6) is 1.30. The Hall–Kier alpha value is -4.31. The van der Waals surface area contributed by atoms with Gasteiger partial charge in [0.05, 0.1) is 36.5 Å². The maximum absolute atomic E-state index is 12.6. The van der Waals surface area contributed by atoms with Crippen molar-refractivity contribution in [3.8, 4) is 23.0 Å². The summed E-state index contributed by atoms with van der Waals surface area (Å²) in [5.41, 5.74) is 4.12. The molecule has 3 aromatic carbocycles. The van der Waals surface area contributed by atoms with E-state index >= 15 is 0 Å². The average molecular weight is 542 g/mol. The topological polar surface area (TPSA) is 122 Å². The van der Waals surface area contributed by atoms with Crippen LogP contribution in [0.2, 0.25) is 5.02 Å². The minimum Gasteiger partial charge on any atom is -0.493 e. The van der Waals surface area contributed by atoms with Crippen molar-refractivity contribution in [2.45, 2.75) is 26.9 Å². The number of nitrogens with zero attached hydrogens (tertiary/aromatic N) is 2. The fourth-order valence-electron chi connectivity index (χ4n) is 3.30. The van der Waals surface area contributed by atoms with Gasteiger partial charge >= 0.3 is 0 Å². The lowest BCUT2D eigenvalue weighted by Crippen LogP contribution is -2.17. The summed E-state index contributed by atoms with van der Waals surface area (Å²) in [7, 11) is 1.51. The van der Waals surface area contributed by atoms with E-state index in [1.54, 1.807) is 42.5 Å². The van der Waals surface area contributed by atoms with Gasteiger partial charge in [0.1, 0.15) is 6.61 Å². The number of hydrazone groups is 1. The predicted molar refractivity (Wildman–Crippen MR) is 144 cm³/mol. The van der Waals surface area contributed by atoms with Crippen LogP contribution in [-0.4, -0.2) is 37.4 Å². The lowest BCUT2D eigenvalue weighted by molar-refractivity contribution is -0.384. The zero-order chi connectivity index (χ0) is 27.5. The van der Waals surface area contributed by atoms with Crippen molar-refractivity contribution in [3.05, 3.63) is 86.4 Å². The molecule has 0 aromatic heterocycles. The third-order valence-corrected chi connectivity index (χ3v) is 5.41. The number of non-ortho nitro benzene ring substituents is 1. The van der Waals surface area contributed by atoms with Gasteiger partial charge in [0.25, 0.3) is 11.6 Å². The third-order valence-electron chi connectivity index (χ3n) is 5.13. The Morgan fingerprint density at radius 3 is 2.45 bits per heavy atom. The first kappa shape index (κ1) is 28.3. The second-order valence-electron chi connectivity index (χ2n) is 7.89. The van der Waals surface area contributed by atoms with Crippen LogP contribution in [0, 0.1) is 10.1 Å². The Morgan fingerprint density at radius 2 is 1.79 bits per heavy atom. The predicted octanol–water partition coefficient (Wildman–Crippen LogP) is 5.79. The van der Waals surface area contributed by atoms with Crippen molar-refractivity contribution in [3.63, 3.8) is 0 Å². The van der Waals surface area contributed by atoms with Crippen molar-refractivity contribution < 1.29 is 28.7 Å². The standard InChI is InChI=1S/C27H28ClN3O7/c1-4-12-37-23-11-8-20(15-24(23)35-3)27(32)30-29-16-19-13-22(28)26(25(14-19)36-5-2)38-17-18-6-9-21(10-7-18)31(33)34/h6-11,13-16H,4-5,12,17H2,1-3H3,(H,30,32)/b29-16+. The van der Waals surface area contributed by atoms with E-state index < -0.39 is 10.8 Å². The highest BCUT2D eigenvalue weighted by molar-refractivity contribution is 6.32. The van der Waals surface area contributed by atoms with Gasteiger partial charge < -0.3 is 18.9 Å². The summed E-state index contributed by atoms with van der Waals surface area (Å²) in [6, 6.07) is 14.2. The van der Waals surface area contributed by atoms with Crippen LogP contribution in [0.5, 0.6) is 23.0 Å². The van der Waals surface area contributed by atoms with Crippen LogP contribution < -0.4 is 24.4 Å².